The Balaban J connectivity index is 1.66. The Kier molecular flexibility index (Phi) is 5.88. The van der Waals surface area contributed by atoms with Crippen molar-refractivity contribution in [2.45, 2.75) is 31.6 Å². The Morgan fingerprint density at radius 2 is 1.96 bits per heavy atom. The smallest absolute Gasteiger partial charge is 0.310 e. The van der Waals surface area contributed by atoms with Crippen LogP contribution in [-0.4, -0.2) is 65.9 Å². The predicted molar refractivity (Wildman–Crippen MR) is 94.3 cm³/mol. The Bertz CT molecular complexity index is 708. The van der Waals surface area contributed by atoms with Gasteiger partial charge in [0.25, 0.3) is 11.8 Å². The van der Waals surface area contributed by atoms with E-state index >= 15 is 0 Å². The van der Waals surface area contributed by atoms with Crippen LogP contribution in [0.25, 0.3) is 0 Å². The van der Waals surface area contributed by atoms with Crippen molar-refractivity contribution < 1.29 is 23.2 Å². The molecule has 27 heavy (non-hydrogen) atoms. The van der Waals surface area contributed by atoms with Gasteiger partial charge in [0.2, 0.25) is 0 Å². The minimum absolute atomic E-state index is 0.00573. The third kappa shape index (κ3) is 4.91. The van der Waals surface area contributed by atoms with E-state index < -0.39 is 10.8 Å². The maximum Gasteiger partial charge on any atom is 0.310 e. The summed E-state index contributed by atoms with van der Waals surface area (Å²) in [5.41, 5.74) is 0.0963. The molecule has 1 amide bonds. The van der Waals surface area contributed by atoms with Gasteiger partial charge in [-0.05, 0) is 31.9 Å². The molecule has 148 valence electrons. The number of halogens is 2. The molecule has 0 bridgehead atoms. The number of nitrogens with zero attached hydrogens (tertiary/aromatic N) is 3. The number of amides is 1. The quantitative estimate of drug-likeness (QED) is 0.558. The number of hydrogen-bond acceptors (Lipinski definition) is 5. The van der Waals surface area contributed by atoms with E-state index in [1.807, 2.05) is 0 Å². The van der Waals surface area contributed by atoms with Crippen LogP contribution in [0.15, 0.2) is 18.2 Å². The van der Waals surface area contributed by atoms with Gasteiger partial charge in [-0.25, -0.2) is 8.78 Å². The van der Waals surface area contributed by atoms with Crippen molar-refractivity contribution >= 4 is 11.6 Å². The van der Waals surface area contributed by atoms with Crippen LogP contribution in [0.1, 0.15) is 36.0 Å². The first-order valence-corrected chi connectivity index (χ1v) is 9.16. The van der Waals surface area contributed by atoms with Crippen molar-refractivity contribution in [2.75, 3.05) is 39.3 Å². The van der Waals surface area contributed by atoms with Gasteiger partial charge < -0.3 is 9.64 Å². The van der Waals surface area contributed by atoms with Crippen LogP contribution in [0, 0.1) is 10.1 Å². The van der Waals surface area contributed by atoms with Gasteiger partial charge in [0.1, 0.15) is 6.61 Å². The number of carbonyl (C=O) groups excluding carboxylic acids is 1. The van der Waals surface area contributed by atoms with E-state index in [9.17, 15) is 23.7 Å². The second-order valence-electron chi connectivity index (χ2n) is 7.02. The van der Waals surface area contributed by atoms with E-state index in [-0.39, 0.29) is 43.5 Å². The highest BCUT2D eigenvalue weighted by atomic mass is 19.3. The molecule has 0 unspecified atom stereocenters. The normalized spacial score (nSPS) is 19.9. The molecule has 9 heteroatoms. The molecule has 0 saturated carbocycles. The lowest BCUT2D eigenvalue weighted by Crippen LogP contribution is -2.44. The lowest BCUT2D eigenvalue weighted by Gasteiger charge is -2.32. The molecule has 2 aliphatic heterocycles. The summed E-state index contributed by atoms with van der Waals surface area (Å²) in [6, 6.07) is 4.06. The fourth-order valence-corrected chi connectivity index (χ4v) is 3.54. The number of likely N-dealkylation sites (tertiary alicyclic amines) is 2. The second-order valence-corrected chi connectivity index (χ2v) is 7.02. The van der Waals surface area contributed by atoms with Gasteiger partial charge in [-0.15, -0.1) is 0 Å². The number of hydrogen-bond donors (Lipinski definition) is 0. The topological polar surface area (TPSA) is 75.9 Å². The molecule has 0 radical (unpaired) electrons. The molecule has 0 aliphatic carbocycles. The lowest BCUT2D eigenvalue weighted by molar-refractivity contribution is -0.385. The van der Waals surface area contributed by atoms with Crippen molar-refractivity contribution in [3.8, 4) is 5.75 Å². The van der Waals surface area contributed by atoms with Crippen LogP contribution in [0.3, 0.4) is 0 Å². The standard InChI is InChI=1S/C18H23F2N3O4/c19-18(20)6-3-7-21(13-18)10-11-27-16-12-14(4-5-15(16)23(25)26)17(24)22-8-1-2-9-22/h4-5,12H,1-3,6-11,13H2. The minimum Gasteiger partial charge on any atom is -0.485 e. The molecular formula is C18H23F2N3O4. The molecular weight excluding hydrogens is 360 g/mol. The number of nitro benzene ring substituents is 1. The maximum atomic E-state index is 13.5. The average molecular weight is 383 g/mol. The van der Waals surface area contributed by atoms with Crippen LogP contribution >= 0.6 is 0 Å². The SMILES string of the molecule is O=C(c1ccc([N+](=O)[O-])c(OCCN2CCCC(F)(F)C2)c1)N1CCCC1. The van der Waals surface area contributed by atoms with Crippen LogP contribution in [0.4, 0.5) is 14.5 Å². The minimum atomic E-state index is -2.70. The zero-order chi connectivity index (χ0) is 19.4. The summed E-state index contributed by atoms with van der Waals surface area (Å²) in [6.07, 6.45) is 2.19. The van der Waals surface area contributed by atoms with Crippen molar-refractivity contribution in [1.82, 2.24) is 9.80 Å². The number of rotatable bonds is 6. The van der Waals surface area contributed by atoms with Crippen LogP contribution < -0.4 is 4.74 Å². The molecule has 2 fully saturated rings. The van der Waals surface area contributed by atoms with Gasteiger partial charge in [-0.3, -0.25) is 19.8 Å². The van der Waals surface area contributed by atoms with Gasteiger partial charge in [0, 0.05) is 43.8 Å². The number of piperidine rings is 1. The average Bonchev–Trinajstić information content (AvgIpc) is 3.14. The van der Waals surface area contributed by atoms with Crippen LogP contribution in [0.5, 0.6) is 5.75 Å². The van der Waals surface area contributed by atoms with Gasteiger partial charge in [-0.2, -0.15) is 0 Å². The molecule has 0 spiro atoms. The van der Waals surface area contributed by atoms with E-state index in [4.69, 9.17) is 4.74 Å². The zero-order valence-corrected chi connectivity index (χ0v) is 15.0. The molecule has 1 aromatic carbocycles. The monoisotopic (exact) mass is 383 g/mol. The van der Waals surface area contributed by atoms with Gasteiger partial charge in [0.15, 0.2) is 5.75 Å². The zero-order valence-electron chi connectivity index (χ0n) is 15.0. The van der Waals surface area contributed by atoms with E-state index in [0.29, 0.717) is 31.6 Å². The Hall–Kier alpha value is -2.29. The maximum absolute atomic E-state index is 13.5. The number of ether oxygens (including phenoxy) is 1. The van der Waals surface area contributed by atoms with Crippen LogP contribution in [0.2, 0.25) is 0 Å². The number of benzene rings is 1. The molecule has 7 nitrogen and oxygen atoms in total. The summed E-state index contributed by atoms with van der Waals surface area (Å²) < 4.78 is 32.4. The lowest BCUT2D eigenvalue weighted by atomic mass is 10.1. The van der Waals surface area contributed by atoms with E-state index in [2.05, 4.69) is 0 Å². The molecule has 0 N–H and O–H groups in total. The fraction of sp³-hybridized carbons (Fsp3) is 0.611. The summed E-state index contributed by atoms with van der Waals surface area (Å²) in [5, 5.41) is 11.2. The summed E-state index contributed by atoms with van der Waals surface area (Å²) >= 11 is 0. The molecule has 0 aromatic heterocycles. The van der Waals surface area contributed by atoms with E-state index in [1.54, 1.807) is 9.80 Å². The summed E-state index contributed by atoms with van der Waals surface area (Å²) in [6.45, 7) is 1.86. The largest absolute Gasteiger partial charge is 0.485 e. The van der Waals surface area contributed by atoms with Gasteiger partial charge >= 0.3 is 5.69 Å². The predicted octanol–water partition coefficient (Wildman–Crippen LogP) is 2.94. The molecule has 2 aliphatic rings. The Labute approximate surface area is 156 Å². The molecule has 1 aromatic rings. The highest BCUT2D eigenvalue weighted by Crippen LogP contribution is 2.30. The van der Waals surface area contributed by atoms with Gasteiger partial charge in [0.05, 0.1) is 11.5 Å². The first-order valence-electron chi connectivity index (χ1n) is 9.16. The first-order chi connectivity index (χ1) is 12.9. The van der Waals surface area contributed by atoms with Crippen molar-refractivity contribution in [2.24, 2.45) is 0 Å². The Morgan fingerprint density at radius 3 is 2.63 bits per heavy atom. The second kappa shape index (κ2) is 8.16. The molecule has 3 rings (SSSR count). The van der Waals surface area contributed by atoms with Crippen molar-refractivity contribution in [3.63, 3.8) is 0 Å². The van der Waals surface area contributed by atoms with Crippen molar-refractivity contribution in [1.29, 1.82) is 0 Å². The van der Waals surface area contributed by atoms with E-state index in [1.165, 1.54) is 18.2 Å². The highest BCUT2D eigenvalue weighted by Gasteiger charge is 2.34. The summed E-state index contributed by atoms with van der Waals surface area (Å²) in [7, 11) is 0. The number of nitro groups is 1. The van der Waals surface area contributed by atoms with Gasteiger partial charge in [-0.1, -0.05) is 0 Å². The molecule has 0 atom stereocenters. The summed E-state index contributed by atoms with van der Waals surface area (Å²) in [5.74, 6) is -2.89. The van der Waals surface area contributed by atoms with E-state index in [0.717, 1.165) is 12.8 Å². The molecule has 2 heterocycles. The highest BCUT2D eigenvalue weighted by molar-refractivity contribution is 5.95. The number of alkyl halides is 2. The summed E-state index contributed by atoms with van der Waals surface area (Å²) in [4.78, 5) is 26.4. The Morgan fingerprint density at radius 1 is 1.22 bits per heavy atom. The molecule has 2 saturated heterocycles. The fourth-order valence-electron chi connectivity index (χ4n) is 3.54. The third-order valence-electron chi connectivity index (χ3n) is 4.93. The number of carbonyl (C=O) groups is 1. The first kappa shape index (κ1) is 19.5. The van der Waals surface area contributed by atoms with Crippen molar-refractivity contribution in [3.05, 3.63) is 33.9 Å². The van der Waals surface area contributed by atoms with Crippen LogP contribution in [-0.2, 0) is 0 Å². The third-order valence-corrected chi connectivity index (χ3v) is 4.93.